The van der Waals surface area contributed by atoms with E-state index in [1.54, 1.807) is 12.1 Å². The Morgan fingerprint density at radius 1 is 1.12 bits per heavy atom. The van der Waals surface area contributed by atoms with Crippen molar-refractivity contribution >= 4 is 11.8 Å². The molecule has 0 aliphatic carbocycles. The number of rotatable bonds is 7. The molecule has 0 fully saturated rings. The maximum absolute atomic E-state index is 12.8. The number of hydrogen-bond donors (Lipinski definition) is 2. The van der Waals surface area contributed by atoms with Gasteiger partial charge in [-0.05, 0) is 24.1 Å². The Balaban J connectivity index is 1.73. The van der Waals surface area contributed by atoms with Gasteiger partial charge in [0.15, 0.2) is 0 Å². The highest BCUT2D eigenvalue weighted by Gasteiger charge is 2.11. The second kappa shape index (κ2) is 8.71. The third-order valence-corrected chi connectivity index (χ3v) is 3.38. The minimum atomic E-state index is -0.335. The summed E-state index contributed by atoms with van der Waals surface area (Å²) in [4.78, 5) is 31.7. The maximum Gasteiger partial charge on any atom is 0.254 e. The van der Waals surface area contributed by atoms with Gasteiger partial charge < -0.3 is 10.6 Å². The molecule has 0 radical (unpaired) electrons. The van der Waals surface area contributed by atoms with Gasteiger partial charge in [-0.2, -0.15) is 0 Å². The fraction of sp³-hybridized carbons (Fsp3) is 0.294. The van der Waals surface area contributed by atoms with E-state index in [9.17, 15) is 14.0 Å². The standard InChI is InChI=1S/C17H19FN4O2/c1-2-15-14(10-19-11-22-15)17(24)21-8-7-20-16(23)9-12-3-5-13(18)6-4-12/h3-6,10-11H,2,7-9H2,1H3,(H,20,23)(H,21,24). The lowest BCUT2D eigenvalue weighted by molar-refractivity contribution is -0.120. The summed E-state index contributed by atoms with van der Waals surface area (Å²) in [6.45, 7) is 2.52. The quantitative estimate of drug-likeness (QED) is 0.749. The summed E-state index contributed by atoms with van der Waals surface area (Å²) in [7, 11) is 0. The summed E-state index contributed by atoms with van der Waals surface area (Å²) in [5.74, 6) is -0.786. The Morgan fingerprint density at radius 3 is 2.54 bits per heavy atom. The summed E-state index contributed by atoms with van der Waals surface area (Å²) in [5, 5.41) is 5.42. The van der Waals surface area contributed by atoms with E-state index in [1.807, 2.05) is 6.92 Å². The van der Waals surface area contributed by atoms with Gasteiger partial charge in [0.25, 0.3) is 5.91 Å². The van der Waals surface area contributed by atoms with Gasteiger partial charge in [-0.15, -0.1) is 0 Å². The molecular weight excluding hydrogens is 311 g/mol. The zero-order valence-electron chi connectivity index (χ0n) is 13.4. The Hall–Kier alpha value is -2.83. The van der Waals surface area contributed by atoms with Crippen molar-refractivity contribution in [2.75, 3.05) is 13.1 Å². The summed E-state index contributed by atoms with van der Waals surface area (Å²) in [5.41, 5.74) is 1.85. The molecule has 0 spiro atoms. The van der Waals surface area contributed by atoms with Crippen molar-refractivity contribution in [1.82, 2.24) is 20.6 Å². The van der Waals surface area contributed by atoms with Crippen molar-refractivity contribution in [3.8, 4) is 0 Å². The number of aromatic nitrogens is 2. The zero-order valence-corrected chi connectivity index (χ0v) is 13.4. The molecule has 0 unspecified atom stereocenters. The molecule has 2 N–H and O–H groups in total. The molecule has 7 heteroatoms. The normalized spacial score (nSPS) is 10.2. The average molecular weight is 330 g/mol. The Bertz CT molecular complexity index is 704. The monoisotopic (exact) mass is 330 g/mol. The lowest BCUT2D eigenvalue weighted by Crippen LogP contribution is -2.35. The minimum Gasteiger partial charge on any atom is -0.354 e. The number of amides is 2. The van der Waals surface area contributed by atoms with E-state index >= 15 is 0 Å². The molecule has 2 amide bonds. The molecule has 1 heterocycles. The Kier molecular flexibility index (Phi) is 6.36. The van der Waals surface area contributed by atoms with Crippen molar-refractivity contribution in [3.05, 3.63) is 59.4 Å². The fourth-order valence-electron chi connectivity index (χ4n) is 2.15. The van der Waals surface area contributed by atoms with Gasteiger partial charge in [-0.3, -0.25) is 9.59 Å². The fourth-order valence-corrected chi connectivity index (χ4v) is 2.15. The van der Waals surface area contributed by atoms with E-state index in [-0.39, 0.29) is 24.1 Å². The summed E-state index contributed by atoms with van der Waals surface area (Å²) in [6, 6.07) is 5.77. The number of carbonyl (C=O) groups excluding carboxylic acids is 2. The van der Waals surface area contributed by atoms with Crippen molar-refractivity contribution in [3.63, 3.8) is 0 Å². The highest BCUT2D eigenvalue weighted by molar-refractivity contribution is 5.94. The number of hydrogen-bond acceptors (Lipinski definition) is 4. The summed E-state index contributed by atoms with van der Waals surface area (Å²) in [6.07, 6.45) is 3.69. The van der Waals surface area contributed by atoms with Crippen molar-refractivity contribution in [2.24, 2.45) is 0 Å². The number of benzene rings is 1. The molecule has 6 nitrogen and oxygen atoms in total. The Morgan fingerprint density at radius 2 is 1.83 bits per heavy atom. The summed E-state index contributed by atoms with van der Waals surface area (Å²) < 4.78 is 12.8. The maximum atomic E-state index is 12.8. The number of aryl methyl sites for hydroxylation is 1. The second-order valence-corrected chi connectivity index (χ2v) is 5.15. The van der Waals surface area contributed by atoms with Crippen LogP contribution in [0.3, 0.4) is 0 Å². The SMILES string of the molecule is CCc1ncncc1C(=O)NCCNC(=O)Cc1ccc(F)cc1. The Labute approximate surface area is 139 Å². The lowest BCUT2D eigenvalue weighted by atomic mass is 10.1. The third-order valence-electron chi connectivity index (χ3n) is 3.38. The molecule has 0 aliphatic heterocycles. The van der Waals surface area contributed by atoms with Crippen molar-refractivity contribution in [2.45, 2.75) is 19.8 Å². The predicted octanol–water partition coefficient (Wildman–Crippen LogP) is 1.27. The van der Waals surface area contributed by atoms with Crippen LogP contribution in [0.1, 0.15) is 28.5 Å². The van der Waals surface area contributed by atoms with Crippen LogP contribution in [-0.4, -0.2) is 34.9 Å². The van der Waals surface area contributed by atoms with E-state index in [0.717, 1.165) is 5.56 Å². The van der Waals surface area contributed by atoms with E-state index in [4.69, 9.17) is 0 Å². The number of carbonyl (C=O) groups is 2. The van der Waals surface area contributed by atoms with Crippen LogP contribution >= 0.6 is 0 Å². The van der Waals surface area contributed by atoms with Gasteiger partial charge in [0.1, 0.15) is 12.1 Å². The zero-order chi connectivity index (χ0) is 17.4. The van der Waals surface area contributed by atoms with Gasteiger partial charge in [0.05, 0.1) is 17.7 Å². The van der Waals surface area contributed by atoms with Gasteiger partial charge in [0.2, 0.25) is 5.91 Å². The minimum absolute atomic E-state index is 0.167. The van der Waals surface area contributed by atoms with Crippen LogP contribution in [0.15, 0.2) is 36.8 Å². The molecule has 2 aromatic rings. The van der Waals surface area contributed by atoms with Crippen molar-refractivity contribution in [1.29, 1.82) is 0 Å². The van der Waals surface area contributed by atoms with Gasteiger partial charge in [-0.1, -0.05) is 19.1 Å². The molecule has 1 aromatic heterocycles. The molecule has 0 atom stereocenters. The average Bonchev–Trinajstić information content (AvgIpc) is 2.60. The number of nitrogens with zero attached hydrogens (tertiary/aromatic N) is 2. The molecule has 24 heavy (non-hydrogen) atoms. The predicted molar refractivity (Wildman–Crippen MR) is 86.9 cm³/mol. The van der Waals surface area contributed by atoms with E-state index in [2.05, 4.69) is 20.6 Å². The van der Waals surface area contributed by atoms with Crippen LogP contribution in [0.2, 0.25) is 0 Å². The topological polar surface area (TPSA) is 84.0 Å². The van der Waals surface area contributed by atoms with Gasteiger partial charge >= 0.3 is 0 Å². The van der Waals surface area contributed by atoms with E-state index in [0.29, 0.717) is 30.8 Å². The first-order valence-electron chi connectivity index (χ1n) is 7.68. The summed E-state index contributed by atoms with van der Waals surface area (Å²) >= 11 is 0. The lowest BCUT2D eigenvalue weighted by Gasteiger charge is -2.09. The molecule has 0 aliphatic rings. The van der Waals surface area contributed by atoms with Crippen LogP contribution in [0.5, 0.6) is 0 Å². The second-order valence-electron chi connectivity index (χ2n) is 5.15. The van der Waals surface area contributed by atoms with Crippen LogP contribution in [0.25, 0.3) is 0 Å². The first kappa shape index (κ1) is 17.5. The first-order valence-corrected chi connectivity index (χ1v) is 7.68. The smallest absolute Gasteiger partial charge is 0.254 e. The largest absolute Gasteiger partial charge is 0.354 e. The molecule has 0 bridgehead atoms. The molecule has 126 valence electrons. The first-order chi connectivity index (χ1) is 11.6. The molecule has 2 rings (SSSR count). The van der Waals surface area contributed by atoms with Crippen LogP contribution in [0.4, 0.5) is 4.39 Å². The van der Waals surface area contributed by atoms with Gasteiger partial charge in [-0.25, -0.2) is 14.4 Å². The van der Waals surface area contributed by atoms with Gasteiger partial charge in [0, 0.05) is 19.3 Å². The number of halogens is 1. The highest BCUT2D eigenvalue weighted by atomic mass is 19.1. The van der Waals surface area contributed by atoms with Crippen LogP contribution in [-0.2, 0) is 17.6 Å². The molecule has 0 saturated heterocycles. The molecule has 1 aromatic carbocycles. The van der Waals surface area contributed by atoms with Crippen LogP contribution < -0.4 is 10.6 Å². The number of nitrogens with one attached hydrogen (secondary N) is 2. The highest BCUT2D eigenvalue weighted by Crippen LogP contribution is 2.04. The molecular formula is C17H19FN4O2. The van der Waals surface area contributed by atoms with Crippen molar-refractivity contribution < 1.29 is 14.0 Å². The molecule has 0 saturated carbocycles. The van der Waals surface area contributed by atoms with E-state index in [1.165, 1.54) is 24.7 Å². The third kappa shape index (κ3) is 5.12. The van der Waals surface area contributed by atoms with Crippen LogP contribution in [0, 0.1) is 5.82 Å². The van der Waals surface area contributed by atoms with E-state index < -0.39 is 0 Å².